The molecule has 1 saturated heterocycles. The number of carbonyl (C=O) groups excluding carboxylic acids is 1. The molecule has 1 fully saturated rings. The second-order valence-electron chi connectivity index (χ2n) is 8.14. The Kier molecular flexibility index (Phi) is 11.1. The van der Waals surface area contributed by atoms with Gasteiger partial charge in [-0.2, -0.15) is 0 Å². The summed E-state index contributed by atoms with van der Waals surface area (Å²) in [6, 6.07) is 0. The smallest absolute Gasteiger partial charge is 0.410 e. The second kappa shape index (κ2) is 12.5. The Morgan fingerprint density at radius 3 is 1.96 bits per heavy atom. The van der Waals surface area contributed by atoms with E-state index in [1.54, 1.807) is 0 Å². The van der Waals surface area contributed by atoms with Crippen molar-refractivity contribution in [2.45, 2.75) is 52.1 Å². The summed E-state index contributed by atoms with van der Waals surface area (Å²) in [6.07, 6.45) is 4.30. The number of carbonyl (C=O) groups is 1. The van der Waals surface area contributed by atoms with Gasteiger partial charge in [0.2, 0.25) is 0 Å². The van der Waals surface area contributed by atoms with Crippen molar-refractivity contribution in [3.63, 3.8) is 0 Å². The van der Waals surface area contributed by atoms with Gasteiger partial charge in [-0.15, -0.1) is 0 Å². The lowest BCUT2D eigenvalue weighted by Gasteiger charge is -2.35. The minimum absolute atomic E-state index is 0.187. The minimum Gasteiger partial charge on any atom is -0.444 e. The predicted molar refractivity (Wildman–Crippen MR) is 107 cm³/mol. The Morgan fingerprint density at radius 1 is 0.923 bits per heavy atom. The number of hydrogen-bond donors (Lipinski definition) is 2. The Labute approximate surface area is 160 Å². The molecule has 7 nitrogen and oxygen atoms in total. The van der Waals surface area contributed by atoms with Crippen molar-refractivity contribution >= 4 is 6.09 Å². The fourth-order valence-electron chi connectivity index (χ4n) is 3.12. The van der Waals surface area contributed by atoms with Gasteiger partial charge in [0, 0.05) is 26.2 Å². The van der Waals surface area contributed by atoms with E-state index in [-0.39, 0.29) is 6.09 Å². The van der Waals surface area contributed by atoms with Gasteiger partial charge in [-0.1, -0.05) is 0 Å². The van der Waals surface area contributed by atoms with Crippen LogP contribution in [0.25, 0.3) is 0 Å². The number of ether oxygens (including phenoxy) is 1. The van der Waals surface area contributed by atoms with Gasteiger partial charge in [0.1, 0.15) is 5.60 Å². The van der Waals surface area contributed by atoms with Gasteiger partial charge in [-0.25, -0.2) is 4.79 Å². The molecule has 0 spiro atoms. The molecule has 0 radical (unpaired) electrons. The van der Waals surface area contributed by atoms with Crippen LogP contribution in [0.3, 0.4) is 0 Å². The first-order valence-corrected chi connectivity index (χ1v) is 10.2. The predicted octanol–water partition coefficient (Wildman–Crippen LogP) is 1.32. The molecule has 1 aliphatic rings. The summed E-state index contributed by atoms with van der Waals surface area (Å²) < 4.78 is 5.45. The fraction of sp³-hybridized carbons (Fsp3) is 0.947. The lowest BCUT2D eigenvalue weighted by atomic mass is 10.2. The molecule has 0 aromatic rings. The van der Waals surface area contributed by atoms with Crippen LogP contribution in [0.2, 0.25) is 0 Å². The molecule has 0 aromatic carbocycles. The van der Waals surface area contributed by atoms with Gasteiger partial charge in [-0.05, 0) is 85.7 Å². The van der Waals surface area contributed by atoms with Crippen LogP contribution in [0.4, 0.5) is 4.79 Å². The van der Waals surface area contributed by atoms with Crippen molar-refractivity contribution in [3.05, 3.63) is 0 Å². The van der Waals surface area contributed by atoms with E-state index in [2.05, 4.69) is 9.80 Å². The summed E-state index contributed by atoms with van der Waals surface area (Å²) >= 11 is 0. The number of nitrogens with zero attached hydrogens (tertiary/aromatic N) is 3. The first-order chi connectivity index (χ1) is 12.4. The van der Waals surface area contributed by atoms with Crippen molar-refractivity contribution in [1.29, 1.82) is 0 Å². The lowest BCUT2D eigenvalue weighted by Crippen LogP contribution is -2.50. The molecule has 4 N–H and O–H groups in total. The van der Waals surface area contributed by atoms with Gasteiger partial charge in [0.25, 0.3) is 0 Å². The fourth-order valence-corrected chi connectivity index (χ4v) is 3.12. The molecule has 0 aliphatic carbocycles. The van der Waals surface area contributed by atoms with Crippen LogP contribution in [-0.4, -0.2) is 91.8 Å². The zero-order valence-corrected chi connectivity index (χ0v) is 17.2. The lowest BCUT2D eigenvalue weighted by molar-refractivity contribution is 0.0144. The summed E-state index contributed by atoms with van der Waals surface area (Å²) in [5.41, 5.74) is 10.8. The molecule has 0 bridgehead atoms. The Morgan fingerprint density at radius 2 is 1.46 bits per heavy atom. The molecular weight excluding hydrogens is 330 g/mol. The van der Waals surface area contributed by atoms with Crippen LogP contribution in [0.5, 0.6) is 0 Å². The number of amides is 1. The first-order valence-electron chi connectivity index (χ1n) is 10.2. The van der Waals surface area contributed by atoms with E-state index in [4.69, 9.17) is 16.2 Å². The maximum atomic E-state index is 12.1. The molecule has 0 unspecified atom stereocenters. The van der Waals surface area contributed by atoms with Crippen molar-refractivity contribution in [2.24, 2.45) is 11.5 Å². The average Bonchev–Trinajstić information content (AvgIpc) is 2.59. The molecule has 154 valence electrons. The van der Waals surface area contributed by atoms with Crippen molar-refractivity contribution in [2.75, 3.05) is 65.4 Å². The summed E-state index contributed by atoms with van der Waals surface area (Å²) in [5, 5.41) is 0. The molecule has 1 amide bonds. The molecule has 1 rings (SSSR count). The zero-order chi connectivity index (χ0) is 19.4. The van der Waals surface area contributed by atoms with E-state index in [1.807, 2.05) is 25.7 Å². The average molecular weight is 372 g/mol. The third-order valence-corrected chi connectivity index (χ3v) is 4.58. The van der Waals surface area contributed by atoms with Gasteiger partial charge in [0.15, 0.2) is 0 Å². The highest BCUT2D eigenvalue weighted by Crippen LogP contribution is 2.12. The van der Waals surface area contributed by atoms with Gasteiger partial charge in [0.05, 0.1) is 0 Å². The van der Waals surface area contributed by atoms with Crippen LogP contribution < -0.4 is 11.5 Å². The number of nitrogens with two attached hydrogens (primary N) is 2. The second-order valence-corrected chi connectivity index (χ2v) is 8.14. The van der Waals surface area contributed by atoms with E-state index in [0.717, 1.165) is 78.3 Å². The number of hydrogen-bond acceptors (Lipinski definition) is 6. The molecular formula is C19H41N5O2. The summed E-state index contributed by atoms with van der Waals surface area (Å²) in [7, 11) is 0. The molecule has 0 saturated carbocycles. The standard InChI is InChI=1S/C19H41N5O2/c1-19(2,3)26-18(25)24-16-14-23(15-17-24)11-5-4-10-22(12-6-8-20)13-7-9-21/h4-17,20-21H2,1-3H3. The topological polar surface area (TPSA) is 88.1 Å². The quantitative estimate of drug-likeness (QED) is 0.533. The third kappa shape index (κ3) is 10.3. The van der Waals surface area contributed by atoms with E-state index in [9.17, 15) is 4.79 Å². The van der Waals surface area contributed by atoms with Crippen LogP contribution in [-0.2, 0) is 4.74 Å². The number of piperazine rings is 1. The van der Waals surface area contributed by atoms with Crippen molar-refractivity contribution < 1.29 is 9.53 Å². The highest BCUT2D eigenvalue weighted by atomic mass is 16.6. The largest absolute Gasteiger partial charge is 0.444 e. The summed E-state index contributed by atoms with van der Waals surface area (Å²) in [6.45, 7) is 15.0. The Balaban J connectivity index is 2.18. The molecule has 26 heavy (non-hydrogen) atoms. The summed E-state index contributed by atoms with van der Waals surface area (Å²) in [5.74, 6) is 0. The van der Waals surface area contributed by atoms with Crippen molar-refractivity contribution in [3.8, 4) is 0 Å². The van der Waals surface area contributed by atoms with Gasteiger partial charge < -0.3 is 26.0 Å². The van der Waals surface area contributed by atoms with Crippen LogP contribution in [0, 0.1) is 0 Å². The SMILES string of the molecule is CC(C)(C)OC(=O)N1CCN(CCCCN(CCCN)CCCN)CC1. The van der Waals surface area contributed by atoms with E-state index in [1.165, 1.54) is 12.8 Å². The molecule has 0 aromatic heterocycles. The van der Waals surface area contributed by atoms with E-state index < -0.39 is 5.60 Å². The maximum Gasteiger partial charge on any atom is 0.410 e. The minimum atomic E-state index is -0.423. The third-order valence-electron chi connectivity index (χ3n) is 4.58. The zero-order valence-electron chi connectivity index (χ0n) is 17.2. The van der Waals surface area contributed by atoms with Crippen molar-refractivity contribution in [1.82, 2.24) is 14.7 Å². The highest BCUT2D eigenvalue weighted by Gasteiger charge is 2.25. The van der Waals surface area contributed by atoms with Crippen LogP contribution in [0.1, 0.15) is 46.5 Å². The Bertz CT molecular complexity index is 371. The molecule has 1 heterocycles. The molecule has 7 heteroatoms. The van der Waals surface area contributed by atoms with Crippen LogP contribution >= 0.6 is 0 Å². The maximum absolute atomic E-state index is 12.1. The van der Waals surface area contributed by atoms with Gasteiger partial charge in [-0.3, -0.25) is 4.90 Å². The van der Waals surface area contributed by atoms with Crippen LogP contribution in [0.15, 0.2) is 0 Å². The number of unbranched alkanes of at least 4 members (excludes halogenated alkanes) is 1. The first kappa shape index (κ1) is 23.1. The molecule has 1 aliphatic heterocycles. The van der Waals surface area contributed by atoms with E-state index in [0.29, 0.717) is 0 Å². The van der Waals surface area contributed by atoms with Gasteiger partial charge >= 0.3 is 6.09 Å². The Hall–Kier alpha value is -0.890. The summed E-state index contributed by atoms with van der Waals surface area (Å²) in [4.78, 5) is 18.8. The van der Waals surface area contributed by atoms with E-state index >= 15 is 0 Å². The molecule has 0 atom stereocenters. The normalized spacial score (nSPS) is 16.3. The monoisotopic (exact) mass is 371 g/mol. The number of rotatable bonds is 11. The highest BCUT2D eigenvalue weighted by molar-refractivity contribution is 5.68.